The molecule has 0 amide bonds. The van der Waals surface area contributed by atoms with Crippen LogP contribution in [0.2, 0.25) is 5.04 Å². The van der Waals surface area contributed by atoms with Gasteiger partial charge in [0, 0.05) is 13.0 Å². The summed E-state index contributed by atoms with van der Waals surface area (Å²) in [5.74, 6) is 0.910. The number of benzene rings is 2. The van der Waals surface area contributed by atoms with Crippen LogP contribution in [0.3, 0.4) is 0 Å². The Hall–Kier alpha value is -1.72. The van der Waals surface area contributed by atoms with Crippen LogP contribution in [0.1, 0.15) is 74.1 Å². The van der Waals surface area contributed by atoms with Gasteiger partial charge in [-0.2, -0.15) is 0 Å². The third-order valence-corrected chi connectivity index (χ3v) is 14.0. The van der Waals surface area contributed by atoms with Gasteiger partial charge in [-0.05, 0) is 65.8 Å². The van der Waals surface area contributed by atoms with Gasteiger partial charge in [0.25, 0.3) is 8.32 Å². The maximum absolute atomic E-state index is 7.29. The predicted octanol–water partition coefficient (Wildman–Crippen LogP) is 7.10. The highest BCUT2D eigenvalue weighted by molar-refractivity contribution is 6.99. The molecule has 4 heteroatoms. The number of allylic oxidation sites excluding steroid dienone is 2. The first-order valence-corrected chi connectivity index (χ1v) is 16.1. The van der Waals surface area contributed by atoms with E-state index in [4.69, 9.17) is 13.9 Å². The molecule has 1 saturated carbocycles. The van der Waals surface area contributed by atoms with Crippen molar-refractivity contribution in [1.29, 1.82) is 0 Å². The molecule has 2 aliphatic rings. The van der Waals surface area contributed by atoms with Crippen LogP contribution in [0.5, 0.6) is 0 Å². The standard InChI is InChI=1S/C33H48O3Si/c1-26(15-14-22-33(7)34-23-24-35-33)20-21-29-30(32(29,5)6)25-36-37(31(2,3)4,27-16-10-8-11-17-27)28-18-12-9-13-19-28/h8-13,15-19,29-30H,14,20-25H2,1-7H3/b26-15+/t29-,30-/m0/s1. The average molecular weight is 521 g/mol. The molecule has 2 aromatic carbocycles. The molecule has 0 N–H and O–H groups in total. The normalized spacial score (nSPS) is 23.3. The van der Waals surface area contributed by atoms with Gasteiger partial charge in [0.05, 0.1) is 13.2 Å². The van der Waals surface area contributed by atoms with Crippen molar-refractivity contribution in [1.82, 2.24) is 0 Å². The first-order chi connectivity index (χ1) is 17.5. The van der Waals surface area contributed by atoms with E-state index >= 15 is 0 Å². The second-order valence-electron chi connectivity index (χ2n) is 13.0. The van der Waals surface area contributed by atoms with Crippen LogP contribution in [0.4, 0.5) is 0 Å². The fraction of sp³-hybridized carbons (Fsp3) is 0.576. The lowest BCUT2D eigenvalue weighted by Gasteiger charge is -2.43. The minimum atomic E-state index is -2.48. The summed E-state index contributed by atoms with van der Waals surface area (Å²) in [6.07, 6.45) is 6.71. The number of ether oxygens (including phenoxy) is 2. The van der Waals surface area contributed by atoms with E-state index in [1.54, 1.807) is 0 Å². The number of rotatable bonds is 11. The third-order valence-electron chi connectivity index (χ3n) is 9.02. The van der Waals surface area contributed by atoms with Crippen LogP contribution < -0.4 is 10.4 Å². The van der Waals surface area contributed by atoms with Gasteiger partial charge in [0.15, 0.2) is 5.79 Å². The molecule has 0 spiro atoms. The lowest BCUT2D eigenvalue weighted by molar-refractivity contribution is -0.145. The van der Waals surface area contributed by atoms with Crippen LogP contribution in [0, 0.1) is 17.3 Å². The molecule has 2 fully saturated rings. The minimum absolute atomic E-state index is 0.0208. The lowest BCUT2D eigenvalue weighted by Crippen LogP contribution is -2.66. The van der Waals surface area contributed by atoms with E-state index in [0.717, 1.165) is 25.9 Å². The Bertz CT molecular complexity index is 993. The van der Waals surface area contributed by atoms with Crippen LogP contribution in [0.25, 0.3) is 0 Å². The third kappa shape index (κ3) is 6.14. The summed E-state index contributed by atoms with van der Waals surface area (Å²) in [6.45, 7) is 18.6. The molecule has 0 radical (unpaired) electrons. The molecule has 1 aliphatic heterocycles. The molecule has 2 atom stereocenters. The second-order valence-corrected chi connectivity index (χ2v) is 17.3. The quantitative estimate of drug-likeness (QED) is 0.233. The number of hydrogen-bond donors (Lipinski definition) is 0. The highest BCUT2D eigenvalue weighted by Crippen LogP contribution is 2.61. The van der Waals surface area contributed by atoms with Crippen molar-refractivity contribution in [3.63, 3.8) is 0 Å². The first-order valence-electron chi connectivity index (χ1n) is 14.2. The monoisotopic (exact) mass is 520 g/mol. The van der Waals surface area contributed by atoms with Crippen LogP contribution in [-0.4, -0.2) is 33.9 Å². The van der Waals surface area contributed by atoms with Crippen molar-refractivity contribution in [2.24, 2.45) is 17.3 Å². The summed E-state index contributed by atoms with van der Waals surface area (Å²) >= 11 is 0. The van der Waals surface area contributed by atoms with Crippen molar-refractivity contribution < 1.29 is 13.9 Å². The summed E-state index contributed by atoms with van der Waals surface area (Å²) in [5, 5.41) is 2.75. The molecule has 0 unspecified atom stereocenters. The summed E-state index contributed by atoms with van der Waals surface area (Å²) in [7, 11) is -2.48. The van der Waals surface area contributed by atoms with Gasteiger partial charge < -0.3 is 13.9 Å². The van der Waals surface area contributed by atoms with E-state index in [-0.39, 0.29) is 5.04 Å². The lowest BCUT2D eigenvalue weighted by atomic mass is 10.0. The molecule has 202 valence electrons. The highest BCUT2D eigenvalue weighted by Gasteiger charge is 2.59. The summed E-state index contributed by atoms with van der Waals surface area (Å²) in [5.41, 5.74) is 1.81. The fourth-order valence-corrected chi connectivity index (χ4v) is 11.1. The zero-order valence-electron chi connectivity index (χ0n) is 24.2. The van der Waals surface area contributed by atoms with Crippen molar-refractivity contribution >= 4 is 18.7 Å². The van der Waals surface area contributed by atoms with Crippen molar-refractivity contribution in [3.8, 4) is 0 Å². The van der Waals surface area contributed by atoms with E-state index in [9.17, 15) is 0 Å². The fourth-order valence-electron chi connectivity index (χ4n) is 6.51. The Balaban J connectivity index is 1.43. The van der Waals surface area contributed by atoms with E-state index in [1.807, 2.05) is 0 Å². The molecule has 37 heavy (non-hydrogen) atoms. The SMILES string of the molecule is C/C(=C\CCC1(C)OCCO1)CC[C@H]1[C@H](CO[Si](c2ccccc2)(c2ccccc2)C(C)(C)C)C1(C)C. The second kappa shape index (κ2) is 11.2. The summed E-state index contributed by atoms with van der Waals surface area (Å²) < 4.78 is 18.8. The average Bonchev–Trinajstić information content (AvgIpc) is 3.13. The van der Waals surface area contributed by atoms with Gasteiger partial charge in [0.1, 0.15) is 0 Å². The number of hydrogen-bond acceptors (Lipinski definition) is 3. The Morgan fingerprint density at radius 2 is 1.46 bits per heavy atom. The van der Waals surface area contributed by atoms with Crippen LogP contribution in [-0.2, 0) is 13.9 Å². The summed E-state index contributed by atoms with van der Waals surface area (Å²) in [6, 6.07) is 22.0. The molecule has 1 saturated heterocycles. The maximum atomic E-state index is 7.29. The Morgan fingerprint density at radius 3 is 1.97 bits per heavy atom. The molecule has 0 aromatic heterocycles. The molecular weight excluding hydrogens is 472 g/mol. The van der Waals surface area contributed by atoms with Crippen LogP contribution in [0.15, 0.2) is 72.3 Å². The molecule has 1 aliphatic carbocycles. The molecule has 0 bridgehead atoms. The molecular formula is C33H48O3Si. The summed E-state index contributed by atoms with van der Waals surface area (Å²) in [4.78, 5) is 0. The Kier molecular flexibility index (Phi) is 8.54. The van der Waals surface area contributed by atoms with Crippen molar-refractivity contribution in [2.45, 2.75) is 85.0 Å². The Labute approximate surface area is 226 Å². The van der Waals surface area contributed by atoms with Gasteiger partial charge in [-0.3, -0.25) is 0 Å². The van der Waals surface area contributed by atoms with Gasteiger partial charge in [-0.1, -0.05) is 107 Å². The largest absolute Gasteiger partial charge is 0.407 e. The van der Waals surface area contributed by atoms with E-state index < -0.39 is 14.1 Å². The van der Waals surface area contributed by atoms with Crippen LogP contribution >= 0.6 is 0 Å². The van der Waals surface area contributed by atoms with Crippen molar-refractivity contribution in [3.05, 3.63) is 72.3 Å². The van der Waals surface area contributed by atoms with Gasteiger partial charge in [0.2, 0.25) is 0 Å². The zero-order chi connectivity index (χ0) is 26.7. The molecule has 1 heterocycles. The van der Waals surface area contributed by atoms with E-state index in [1.165, 1.54) is 22.4 Å². The first kappa shape index (κ1) is 28.3. The zero-order valence-corrected chi connectivity index (χ0v) is 25.2. The Morgan fingerprint density at radius 1 is 0.919 bits per heavy atom. The van der Waals surface area contributed by atoms with E-state index in [0.29, 0.717) is 30.5 Å². The van der Waals surface area contributed by atoms with Gasteiger partial charge >= 0.3 is 0 Å². The molecule has 4 rings (SSSR count). The highest BCUT2D eigenvalue weighted by atomic mass is 28.4. The predicted molar refractivity (Wildman–Crippen MR) is 157 cm³/mol. The van der Waals surface area contributed by atoms with E-state index in [2.05, 4.69) is 115 Å². The molecule has 2 aromatic rings. The topological polar surface area (TPSA) is 27.7 Å². The smallest absolute Gasteiger partial charge is 0.261 e. The van der Waals surface area contributed by atoms with Crippen molar-refractivity contribution in [2.75, 3.05) is 19.8 Å². The van der Waals surface area contributed by atoms with Gasteiger partial charge in [-0.25, -0.2) is 0 Å². The van der Waals surface area contributed by atoms with Gasteiger partial charge in [-0.15, -0.1) is 0 Å². The maximum Gasteiger partial charge on any atom is 0.261 e. The minimum Gasteiger partial charge on any atom is -0.407 e. The molecule has 3 nitrogen and oxygen atoms in total.